The van der Waals surface area contributed by atoms with Crippen LogP contribution in [0.3, 0.4) is 0 Å². The Morgan fingerprint density at radius 1 is 1.23 bits per heavy atom. The fourth-order valence-corrected chi connectivity index (χ4v) is 2.62. The van der Waals surface area contributed by atoms with Crippen molar-refractivity contribution < 1.29 is 19.1 Å². The third-order valence-electron chi connectivity index (χ3n) is 3.96. The van der Waals surface area contributed by atoms with Crippen molar-refractivity contribution in [2.45, 2.75) is 12.6 Å². The number of hydrogen-bond acceptors (Lipinski definition) is 7. The molecule has 0 fully saturated rings. The van der Waals surface area contributed by atoms with Gasteiger partial charge in [-0.1, -0.05) is 0 Å². The molecule has 3 heterocycles. The molecule has 0 bridgehead atoms. The van der Waals surface area contributed by atoms with Gasteiger partial charge in [0.2, 0.25) is 0 Å². The maximum Gasteiger partial charge on any atom is 0.339 e. The summed E-state index contributed by atoms with van der Waals surface area (Å²) >= 11 is 0. The van der Waals surface area contributed by atoms with Crippen molar-refractivity contribution in [3.05, 3.63) is 53.7 Å². The largest absolute Gasteiger partial charge is 0.468 e. The Labute approximate surface area is 149 Å². The fraction of sp³-hybridized carbons (Fsp3) is 0.294. The van der Waals surface area contributed by atoms with Crippen LogP contribution in [0.25, 0.3) is 5.65 Å². The summed E-state index contributed by atoms with van der Waals surface area (Å²) < 4.78 is 13.0. The van der Waals surface area contributed by atoms with Gasteiger partial charge in [-0.2, -0.15) is 5.10 Å². The third kappa shape index (κ3) is 3.42. The third-order valence-corrected chi connectivity index (χ3v) is 3.96. The van der Waals surface area contributed by atoms with Crippen LogP contribution < -0.4 is 5.32 Å². The van der Waals surface area contributed by atoms with Crippen LogP contribution >= 0.6 is 0 Å². The van der Waals surface area contributed by atoms with E-state index in [1.165, 1.54) is 14.2 Å². The first-order valence-electron chi connectivity index (χ1n) is 7.88. The molecule has 0 aliphatic heterocycles. The van der Waals surface area contributed by atoms with Crippen molar-refractivity contribution in [2.75, 3.05) is 14.2 Å². The van der Waals surface area contributed by atoms with Gasteiger partial charge in [-0.05, 0) is 18.2 Å². The summed E-state index contributed by atoms with van der Waals surface area (Å²) in [7, 11) is 4.43. The normalized spacial score (nSPS) is 12.1. The lowest BCUT2D eigenvalue weighted by Crippen LogP contribution is -2.30. The van der Waals surface area contributed by atoms with Crippen molar-refractivity contribution in [1.29, 1.82) is 0 Å². The molecule has 0 aliphatic carbocycles. The van der Waals surface area contributed by atoms with Crippen LogP contribution in [0.2, 0.25) is 0 Å². The van der Waals surface area contributed by atoms with Crippen LogP contribution in [-0.2, 0) is 27.9 Å². The smallest absolute Gasteiger partial charge is 0.339 e. The molecule has 0 saturated carbocycles. The van der Waals surface area contributed by atoms with Gasteiger partial charge in [-0.15, -0.1) is 0 Å². The maximum absolute atomic E-state index is 12.1. The first-order valence-corrected chi connectivity index (χ1v) is 7.88. The van der Waals surface area contributed by atoms with Crippen LogP contribution in [0.1, 0.15) is 27.8 Å². The molecule has 3 rings (SSSR count). The molecule has 9 heteroatoms. The Morgan fingerprint density at radius 3 is 2.69 bits per heavy atom. The van der Waals surface area contributed by atoms with E-state index in [9.17, 15) is 9.59 Å². The summed E-state index contributed by atoms with van der Waals surface area (Å²) in [6, 6.07) is 4.41. The zero-order valence-electron chi connectivity index (χ0n) is 14.7. The number of carbonyl (C=O) groups excluding carboxylic acids is 2. The molecule has 1 atom stereocenters. The number of ether oxygens (including phenoxy) is 2. The van der Waals surface area contributed by atoms with Crippen molar-refractivity contribution in [2.24, 2.45) is 7.05 Å². The van der Waals surface area contributed by atoms with Gasteiger partial charge < -0.3 is 13.9 Å². The Kier molecular flexibility index (Phi) is 4.99. The second-order valence-corrected chi connectivity index (χ2v) is 5.64. The van der Waals surface area contributed by atoms with Gasteiger partial charge in [-0.3, -0.25) is 10.00 Å². The van der Waals surface area contributed by atoms with E-state index in [4.69, 9.17) is 9.47 Å². The van der Waals surface area contributed by atoms with E-state index in [-0.39, 0.29) is 0 Å². The Bertz CT molecular complexity index is 946. The number of carbonyl (C=O) groups is 2. The number of pyridine rings is 1. The summed E-state index contributed by atoms with van der Waals surface area (Å²) in [5, 5.41) is 7.39. The number of nitrogens with one attached hydrogen (secondary N) is 1. The topological polar surface area (TPSA) is 99.7 Å². The average Bonchev–Trinajstić information content (AvgIpc) is 3.27. The number of rotatable bonds is 6. The van der Waals surface area contributed by atoms with E-state index < -0.39 is 18.0 Å². The van der Waals surface area contributed by atoms with Crippen LogP contribution in [0.15, 0.2) is 36.8 Å². The van der Waals surface area contributed by atoms with E-state index in [0.717, 1.165) is 5.69 Å². The molecule has 3 aromatic heterocycles. The molecule has 0 radical (unpaired) electrons. The number of aromatic nitrogens is 4. The Morgan fingerprint density at radius 2 is 2.04 bits per heavy atom. The van der Waals surface area contributed by atoms with E-state index in [0.29, 0.717) is 23.4 Å². The molecule has 0 saturated heterocycles. The summed E-state index contributed by atoms with van der Waals surface area (Å²) in [6.45, 7) is 0.322. The van der Waals surface area contributed by atoms with Gasteiger partial charge in [0.15, 0.2) is 6.04 Å². The minimum Gasteiger partial charge on any atom is -0.468 e. The van der Waals surface area contributed by atoms with E-state index in [2.05, 4.69) is 15.4 Å². The van der Waals surface area contributed by atoms with Crippen LogP contribution in [0, 0.1) is 0 Å². The Hall–Kier alpha value is -3.20. The second-order valence-electron chi connectivity index (χ2n) is 5.64. The van der Waals surface area contributed by atoms with Gasteiger partial charge >= 0.3 is 11.9 Å². The van der Waals surface area contributed by atoms with E-state index >= 15 is 0 Å². The SMILES string of the molecule is COC(=O)c1ccc2ncc(CNC(C(=O)OC)c3ccn(C)n3)n2c1. The van der Waals surface area contributed by atoms with Crippen molar-refractivity contribution in [3.63, 3.8) is 0 Å². The van der Waals surface area contributed by atoms with Gasteiger partial charge in [0.05, 0.1) is 37.4 Å². The lowest BCUT2D eigenvalue weighted by Gasteiger charge is -2.14. The second kappa shape index (κ2) is 7.36. The lowest BCUT2D eigenvalue weighted by molar-refractivity contribution is -0.143. The summed E-state index contributed by atoms with van der Waals surface area (Å²) in [4.78, 5) is 28.1. The predicted molar refractivity (Wildman–Crippen MR) is 91.3 cm³/mol. The molecule has 3 aromatic rings. The number of fused-ring (bicyclic) bond motifs is 1. The number of imidazole rings is 1. The van der Waals surface area contributed by atoms with Crippen LogP contribution in [0.4, 0.5) is 0 Å². The van der Waals surface area contributed by atoms with Gasteiger partial charge in [0, 0.05) is 26.0 Å². The first kappa shape index (κ1) is 17.6. The molecule has 1 unspecified atom stereocenters. The highest BCUT2D eigenvalue weighted by atomic mass is 16.5. The molecule has 9 nitrogen and oxygen atoms in total. The summed E-state index contributed by atoms with van der Waals surface area (Å²) in [5.41, 5.74) is 2.43. The number of hydrogen-bond donors (Lipinski definition) is 1. The quantitative estimate of drug-likeness (QED) is 0.653. The van der Waals surface area contributed by atoms with Gasteiger partial charge in [-0.25, -0.2) is 14.6 Å². The zero-order valence-corrected chi connectivity index (χ0v) is 14.7. The minimum absolute atomic E-state index is 0.322. The van der Waals surface area contributed by atoms with E-state index in [1.807, 2.05) is 0 Å². The molecule has 1 N–H and O–H groups in total. The number of methoxy groups -OCH3 is 2. The Balaban J connectivity index is 1.85. The standard InChI is InChI=1S/C17H19N5O4/c1-21-7-6-13(20-21)15(17(24)26-3)19-9-12-8-18-14-5-4-11(10-22(12)14)16(23)25-2/h4-8,10,15,19H,9H2,1-3H3. The van der Waals surface area contributed by atoms with E-state index in [1.54, 1.807) is 52.9 Å². The molecular weight excluding hydrogens is 338 g/mol. The predicted octanol–water partition coefficient (Wildman–Crippen LogP) is 0.858. The highest BCUT2D eigenvalue weighted by Crippen LogP contribution is 2.15. The molecular formula is C17H19N5O4. The number of esters is 2. The minimum atomic E-state index is -0.712. The molecule has 0 aliphatic rings. The maximum atomic E-state index is 12.1. The highest BCUT2D eigenvalue weighted by molar-refractivity contribution is 5.89. The van der Waals surface area contributed by atoms with Gasteiger partial charge in [0.1, 0.15) is 5.65 Å². The number of aryl methyl sites for hydroxylation is 1. The van der Waals surface area contributed by atoms with Crippen molar-refractivity contribution in [3.8, 4) is 0 Å². The fourth-order valence-electron chi connectivity index (χ4n) is 2.62. The van der Waals surface area contributed by atoms with Crippen LogP contribution in [0.5, 0.6) is 0 Å². The lowest BCUT2D eigenvalue weighted by atomic mass is 10.2. The first-order chi connectivity index (χ1) is 12.5. The monoisotopic (exact) mass is 357 g/mol. The zero-order chi connectivity index (χ0) is 18.7. The van der Waals surface area contributed by atoms with Gasteiger partial charge in [0.25, 0.3) is 0 Å². The summed E-state index contributed by atoms with van der Waals surface area (Å²) in [6.07, 6.45) is 5.08. The highest BCUT2D eigenvalue weighted by Gasteiger charge is 2.23. The molecule has 136 valence electrons. The number of nitrogens with zero attached hydrogens (tertiary/aromatic N) is 4. The molecule has 0 amide bonds. The van der Waals surface area contributed by atoms with Crippen molar-refractivity contribution in [1.82, 2.24) is 24.5 Å². The molecule has 0 spiro atoms. The van der Waals surface area contributed by atoms with Crippen LogP contribution in [-0.4, -0.2) is 45.3 Å². The average molecular weight is 357 g/mol. The molecule has 26 heavy (non-hydrogen) atoms. The molecule has 0 aromatic carbocycles. The van der Waals surface area contributed by atoms with Crippen molar-refractivity contribution >= 4 is 17.6 Å². The summed E-state index contributed by atoms with van der Waals surface area (Å²) in [5.74, 6) is -0.867.